The standard InChI is InChI=1S/C15H20FN3/c16-13-2-1-3-14-15(13)12(10-18-14)11-4-7-19(8-5-11)9-6-17/h1-3,10-11,18H,4-9,17H2. The summed E-state index contributed by atoms with van der Waals surface area (Å²) in [6.07, 6.45) is 4.15. The fourth-order valence-electron chi connectivity index (χ4n) is 3.14. The van der Waals surface area contributed by atoms with E-state index in [0.717, 1.165) is 48.9 Å². The number of nitrogens with one attached hydrogen (secondary N) is 1. The van der Waals surface area contributed by atoms with Crippen molar-refractivity contribution in [3.63, 3.8) is 0 Å². The van der Waals surface area contributed by atoms with E-state index in [9.17, 15) is 4.39 Å². The number of benzene rings is 1. The first-order valence-electron chi connectivity index (χ1n) is 6.97. The molecule has 1 aromatic heterocycles. The van der Waals surface area contributed by atoms with Crippen molar-refractivity contribution in [2.24, 2.45) is 5.73 Å². The zero-order chi connectivity index (χ0) is 13.2. The van der Waals surface area contributed by atoms with Crippen LogP contribution in [0.25, 0.3) is 10.9 Å². The van der Waals surface area contributed by atoms with Crippen molar-refractivity contribution in [2.45, 2.75) is 18.8 Å². The average molecular weight is 261 g/mol. The van der Waals surface area contributed by atoms with Gasteiger partial charge in [0.25, 0.3) is 0 Å². The molecule has 0 bridgehead atoms. The Morgan fingerprint density at radius 2 is 2.11 bits per heavy atom. The summed E-state index contributed by atoms with van der Waals surface area (Å²) in [6, 6.07) is 5.23. The summed E-state index contributed by atoms with van der Waals surface area (Å²) in [5.74, 6) is 0.345. The van der Waals surface area contributed by atoms with Crippen molar-refractivity contribution in [1.29, 1.82) is 0 Å². The Morgan fingerprint density at radius 3 is 2.84 bits per heavy atom. The van der Waals surface area contributed by atoms with Crippen molar-refractivity contribution in [3.8, 4) is 0 Å². The lowest BCUT2D eigenvalue weighted by atomic mass is 9.89. The molecule has 0 amide bonds. The third kappa shape index (κ3) is 2.38. The number of fused-ring (bicyclic) bond motifs is 1. The van der Waals surface area contributed by atoms with E-state index < -0.39 is 0 Å². The van der Waals surface area contributed by atoms with Crippen LogP contribution in [0.4, 0.5) is 4.39 Å². The third-order valence-corrected chi connectivity index (χ3v) is 4.16. The highest BCUT2D eigenvalue weighted by Crippen LogP contribution is 2.34. The first kappa shape index (κ1) is 12.6. The first-order chi connectivity index (χ1) is 9.29. The molecule has 0 atom stereocenters. The van der Waals surface area contributed by atoms with E-state index in [1.807, 2.05) is 12.3 Å². The molecule has 3 nitrogen and oxygen atoms in total. The number of aromatic nitrogens is 1. The number of aromatic amines is 1. The van der Waals surface area contributed by atoms with Crippen molar-refractivity contribution in [1.82, 2.24) is 9.88 Å². The Morgan fingerprint density at radius 1 is 1.32 bits per heavy atom. The molecule has 1 saturated heterocycles. The maximum absolute atomic E-state index is 14.0. The van der Waals surface area contributed by atoms with Gasteiger partial charge in [-0.05, 0) is 49.5 Å². The van der Waals surface area contributed by atoms with Crippen LogP contribution in [0.2, 0.25) is 0 Å². The van der Waals surface area contributed by atoms with Crippen molar-refractivity contribution in [2.75, 3.05) is 26.2 Å². The molecule has 0 saturated carbocycles. The van der Waals surface area contributed by atoms with E-state index in [1.165, 1.54) is 0 Å². The molecule has 1 aromatic carbocycles. The number of hydrogen-bond acceptors (Lipinski definition) is 2. The summed E-state index contributed by atoms with van der Waals surface area (Å²) < 4.78 is 14.0. The van der Waals surface area contributed by atoms with Crippen molar-refractivity contribution >= 4 is 10.9 Å². The van der Waals surface area contributed by atoms with E-state index in [-0.39, 0.29) is 5.82 Å². The normalized spacial score (nSPS) is 18.2. The van der Waals surface area contributed by atoms with Crippen LogP contribution in [0.1, 0.15) is 24.3 Å². The number of piperidine rings is 1. The largest absolute Gasteiger partial charge is 0.361 e. The fourth-order valence-corrected chi connectivity index (χ4v) is 3.14. The lowest BCUT2D eigenvalue weighted by molar-refractivity contribution is 0.218. The summed E-state index contributed by atoms with van der Waals surface area (Å²) in [6.45, 7) is 3.80. The molecule has 19 heavy (non-hydrogen) atoms. The molecule has 102 valence electrons. The SMILES string of the molecule is NCCN1CCC(c2c[nH]c3cccc(F)c23)CC1. The van der Waals surface area contributed by atoms with Gasteiger partial charge in [0.05, 0.1) is 0 Å². The zero-order valence-electron chi connectivity index (χ0n) is 11.0. The van der Waals surface area contributed by atoms with Gasteiger partial charge in [0.15, 0.2) is 0 Å². The van der Waals surface area contributed by atoms with E-state index in [1.54, 1.807) is 12.1 Å². The summed E-state index contributed by atoms with van der Waals surface area (Å²) in [4.78, 5) is 5.58. The smallest absolute Gasteiger partial charge is 0.132 e. The predicted molar refractivity (Wildman–Crippen MR) is 75.7 cm³/mol. The van der Waals surface area contributed by atoms with Crippen LogP contribution < -0.4 is 5.73 Å². The maximum atomic E-state index is 14.0. The molecule has 3 rings (SSSR count). The van der Waals surface area contributed by atoms with Gasteiger partial charge in [0, 0.05) is 30.2 Å². The van der Waals surface area contributed by atoms with Crippen LogP contribution in [-0.2, 0) is 0 Å². The Labute approximate surface area is 112 Å². The summed E-state index contributed by atoms with van der Waals surface area (Å²) >= 11 is 0. The molecule has 0 unspecified atom stereocenters. The maximum Gasteiger partial charge on any atom is 0.132 e. The van der Waals surface area contributed by atoms with Gasteiger partial charge < -0.3 is 15.6 Å². The molecule has 4 heteroatoms. The molecule has 2 heterocycles. The minimum atomic E-state index is -0.113. The van der Waals surface area contributed by atoms with Crippen LogP contribution in [0, 0.1) is 5.82 Å². The number of likely N-dealkylation sites (tertiary alicyclic amines) is 1. The van der Waals surface area contributed by atoms with Crippen LogP contribution in [0.15, 0.2) is 24.4 Å². The lowest BCUT2D eigenvalue weighted by Crippen LogP contribution is -2.36. The Balaban J connectivity index is 1.82. The highest BCUT2D eigenvalue weighted by molar-refractivity contribution is 5.84. The van der Waals surface area contributed by atoms with Gasteiger partial charge in [-0.2, -0.15) is 0 Å². The average Bonchev–Trinajstić information content (AvgIpc) is 2.85. The minimum absolute atomic E-state index is 0.113. The number of nitrogens with zero attached hydrogens (tertiary/aromatic N) is 1. The second kappa shape index (κ2) is 5.31. The van der Waals surface area contributed by atoms with Crippen molar-refractivity contribution < 1.29 is 4.39 Å². The Bertz CT molecular complexity index is 556. The molecule has 0 radical (unpaired) electrons. The molecule has 0 aliphatic carbocycles. The summed E-state index contributed by atoms with van der Waals surface area (Å²) in [5.41, 5.74) is 7.63. The van der Waals surface area contributed by atoms with E-state index in [2.05, 4.69) is 9.88 Å². The van der Waals surface area contributed by atoms with E-state index in [4.69, 9.17) is 5.73 Å². The minimum Gasteiger partial charge on any atom is -0.361 e. The van der Waals surface area contributed by atoms with Gasteiger partial charge in [-0.15, -0.1) is 0 Å². The predicted octanol–water partition coefficient (Wildman–Crippen LogP) is 2.45. The monoisotopic (exact) mass is 261 g/mol. The number of nitrogens with two attached hydrogens (primary N) is 1. The Hall–Kier alpha value is -1.39. The number of rotatable bonds is 3. The molecule has 1 fully saturated rings. The quantitative estimate of drug-likeness (QED) is 0.891. The van der Waals surface area contributed by atoms with E-state index >= 15 is 0 Å². The molecule has 0 spiro atoms. The van der Waals surface area contributed by atoms with Gasteiger partial charge in [-0.1, -0.05) is 6.07 Å². The lowest BCUT2D eigenvalue weighted by Gasteiger charge is -2.31. The summed E-state index contributed by atoms with van der Waals surface area (Å²) in [7, 11) is 0. The highest BCUT2D eigenvalue weighted by atomic mass is 19.1. The third-order valence-electron chi connectivity index (χ3n) is 4.16. The van der Waals surface area contributed by atoms with Crippen LogP contribution in [0.5, 0.6) is 0 Å². The van der Waals surface area contributed by atoms with E-state index in [0.29, 0.717) is 12.5 Å². The zero-order valence-corrected chi connectivity index (χ0v) is 11.0. The molecule has 2 aromatic rings. The topological polar surface area (TPSA) is 45.0 Å². The van der Waals surface area contributed by atoms with Crippen LogP contribution in [-0.4, -0.2) is 36.1 Å². The van der Waals surface area contributed by atoms with Gasteiger partial charge in [-0.3, -0.25) is 0 Å². The molecule has 3 N–H and O–H groups in total. The van der Waals surface area contributed by atoms with Crippen molar-refractivity contribution in [3.05, 3.63) is 35.8 Å². The molecular weight excluding hydrogens is 241 g/mol. The van der Waals surface area contributed by atoms with Crippen LogP contribution in [0.3, 0.4) is 0 Å². The number of H-pyrrole nitrogens is 1. The molecule has 1 aliphatic rings. The van der Waals surface area contributed by atoms with Gasteiger partial charge >= 0.3 is 0 Å². The number of halogens is 1. The molecule has 1 aliphatic heterocycles. The fraction of sp³-hybridized carbons (Fsp3) is 0.467. The second-order valence-electron chi connectivity index (χ2n) is 5.31. The van der Waals surface area contributed by atoms with Gasteiger partial charge in [0.1, 0.15) is 5.82 Å². The highest BCUT2D eigenvalue weighted by Gasteiger charge is 2.23. The second-order valence-corrected chi connectivity index (χ2v) is 5.31. The molecular formula is C15H20FN3. The van der Waals surface area contributed by atoms with Gasteiger partial charge in [-0.25, -0.2) is 4.39 Å². The van der Waals surface area contributed by atoms with Crippen LogP contribution >= 0.6 is 0 Å². The first-order valence-corrected chi connectivity index (χ1v) is 6.97. The van der Waals surface area contributed by atoms with Gasteiger partial charge in [0.2, 0.25) is 0 Å². The number of hydrogen-bond donors (Lipinski definition) is 2. The Kier molecular flexibility index (Phi) is 3.53. The summed E-state index contributed by atoms with van der Waals surface area (Å²) in [5, 5.41) is 0.778.